The maximum Gasteiger partial charge on any atom is 0.253 e. The van der Waals surface area contributed by atoms with Gasteiger partial charge in [-0.25, -0.2) is 4.39 Å². The Morgan fingerprint density at radius 1 is 0.969 bits per heavy atom. The van der Waals surface area contributed by atoms with Crippen LogP contribution in [0.1, 0.15) is 55.5 Å². The van der Waals surface area contributed by atoms with Gasteiger partial charge < -0.3 is 9.64 Å². The van der Waals surface area contributed by atoms with Gasteiger partial charge in [-0.1, -0.05) is 32.0 Å². The molecule has 2 aromatic rings. The first-order valence-electron chi connectivity index (χ1n) is 11.9. The molecule has 2 fully saturated rings. The molecule has 0 radical (unpaired) electrons. The first-order chi connectivity index (χ1) is 15.4. The van der Waals surface area contributed by atoms with Gasteiger partial charge in [-0.2, -0.15) is 0 Å². The Labute approximate surface area is 191 Å². The van der Waals surface area contributed by atoms with Crippen LogP contribution in [0.5, 0.6) is 5.75 Å². The molecule has 2 aromatic carbocycles. The predicted octanol–water partition coefficient (Wildman–Crippen LogP) is 5.38. The number of carbonyl (C=O) groups is 1. The second-order valence-electron chi connectivity index (χ2n) is 9.89. The third kappa shape index (κ3) is 5.50. The Hall–Kier alpha value is -2.40. The third-order valence-electron chi connectivity index (χ3n) is 7.06. The third-order valence-corrected chi connectivity index (χ3v) is 7.06. The minimum Gasteiger partial charge on any atom is -0.493 e. The Kier molecular flexibility index (Phi) is 7.14. The lowest BCUT2D eigenvalue weighted by Crippen LogP contribution is -2.48. The van der Waals surface area contributed by atoms with Gasteiger partial charge in [0, 0.05) is 30.8 Å². The molecule has 0 atom stereocenters. The van der Waals surface area contributed by atoms with E-state index in [2.05, 4.69) is 36.9 Å². The molecule has 172 valence electrons. The van der Waals surface area contributed by atoms with Gasteiger partial charge in [-0.3, -0.25) is 9.69 Å². The molecule has 4 rings (SSSR count). The van der Waals surface area contributed by atoms with Crippen molar-refractivity contribution in [2.45, 2.75) is 46.1 Å². The standard InChI is InChI=1S/C27H35FN2O2/c1-21(2)20-32-25-6-4-3-5-23(25)19-29-15-11-27(12-16-29)13-17-30(18-14-27)26(31)22-7-9-24(28)10-8-22/h3-10,21H,11-20H2,1-2H3. The van der Waals surface area contributed by atoms with Crippen LogP contribution < -0.4 is 4.74 Å². The van der Waals surface area contributed by atoms with Crippen molar-refractivity contribution in [2.75, 3.05) is 32.8 Å². The van der Waals surface area contributed by atoms with Gasteiger partial charge >= 0.3 is 0 Å². The summed E-state index contributed by atoms with van der Waals surface area (Å²) in [6.07, 6.45) is 4.48. The molecule has 1 amide bonds. The topological polar surface area (TPSA) is 32.8 Å². The number of nitrogens with zero attached hydrogens (tertiary/aromatic N) is 2. The second kappa shape index (κ2) is 10.0. The molecule has 0 aliphatic carbocycles. The average Bonchev–Trinajstić information content (AvgIpc) is 2.81. The number of amides is 1. The first-order valence-corrected chi connectivity index (χ1v) is 11.9. The normalized spacial score (nSPS) is 18.8. The maximum absolute atomic E-state index is 13.2. The van der Waals surface area contributed by atoms with Gasteiger partial charge in [-0.15, -0.1) is 0 Å². The van der Waals surface area contributed by atoms with Crippen molar-refractivity contribution in [1.29, 1.82) is 0 Å². The molecule has 0 N–H and O–H groups in total. The fourth-order valence-corrected chi connectivity index (χ4v) is 4.92. The highest BCUT2D eigenvalue weighted by Gasteiger charge is 2.38. The Morgan fingerprint density at radius 2 is 1.59 bits per heavy atom. The molecule has 32 heavy (non-hydrogen) atoms. The number of hydrogen-bond acceptors (Lipinski definition) is 3. The van der Waals surface area contributed by atoms with Crippen molar-refractivity contribution in [1.82, 2.24) is 9.80 Å². The Bertz CT molecular complexity index is 894. The highest BCUT2D eigenvalue weighted by molar-refractivity contribution is 5.94. The van der Waals surface area contributed by atoms with E-state index in [0.29, 0.717) is 16.9 Å². The minimum atomic E-state index is -0.306. The number of rotatable bonds is 6. The van der Waals surface area contributed by atoms with E-state index in [0.717, 1.165) is 57.9 Å². The summed E-state index contributed by atoms with van der Waals surface area (Å²) in [5, 5.41) is 0. The number of para-hydroxylation sites is 1. The van der Waals surface area contributed by atoms with Crippen molar-refractivity contribution >= 4 is 5.91 Å². The average molecular weight is 439 g/mol. The Morgan fingerprint density at radius 3 is 2.25 bits per heavy atom. The summed E-state index contributed by atoms with van der Waals surface area (Å²) in [6, 6.07) is 14.3. The van der Waals surface area contributed by atoms with Gasteiger partial charge in [0.15, 0.2) is 0 Å². The molecule has 1 spiro atoms. The fourth-order valence-electron chi connectivity index (χ4n) is 4.92. The molecule has 2 aliphatic heterocycles. The summed E-state index contributed by atoms with van der Waals surface area (Å²) in [4.78, 5) is 17.2. The highest BCUT2D eigenvalue weighted by Crippen LogP contribution is 2.42. The second-order valence-corrected chi connectivity index (χ2v) is 9.89. The van der Waals surface area contributed by atoms with Crippen molar-refractivity contribution in [3.05, 3.63) is 65.5 Å². The zero-order valence-electron chi connectivity index (χ0n) is 19.4. The zero-order chi connectivity index (χ0) is 22.6. The molecule has 2 aliphatic rings. The van der Waals surface area contributed by atoms with E-state index in [1.165, 1.54) is 30.5 Å². The number of benzene rings is 2. The van der Waals surface area contributed by atoms with Crippen molar-refractivity contribution in [3.63, 3.8) is 0 Å². The molecule has 4 nitrogen and oxygen atoms in total. The maximum atomic E-state index is 13.2. The van der Waals surface area contributed by atoms with Crippen LogP contribution in [0.15, 0.2) is 48.5 Å². The molecule has 2 saturated heterocycles. The Balaban J connectivity index is 1.28. The van der Waals surface area contributed by atoms with Crippen LogP contribution in [0.25, 0.3) is 0 Å². The number of carbonyl (C=O) groups excluding carboxylic acids is 1. The van der Waals surface area contributed by atoms with E-state index < -0.39 is 0 Å². The van der Waals surface area contributed by atoms with Crippen molar-refractivity contribution < 1.29 is 13.9 Å². The molecule has 0 saturated carbocycles. The first kappa shape index (κ1) is 22.8. The number of halogens is 1. The lowest BCUT2D eigenvalue weighted by atomic mass is 9.71. The van der Waals surface area contributed by atoms with Crippen LogP contribution in [-0.4, -0.2) is 48.5 Å². The molecule has 5 heteroatoms. The fraction of sp³-hybridized carbons (Fsp3) is 0.519. The van der Waals surface area contributed by atoms with Crippen molar-refractivity contribution in [3.8, 4) is 5.75 Å². The summed E-state index contributed by atoms with van der Waals surface area (Å²) in [6.45, 7) is 9.78. The van der Waals surface area contributed by atoms with Crippen LogP contribution in [0.2, 0.25) is 0 Å². The van der Waals surface area contributed by atoms with Crippen LogP contribution in [0, 0.1) is 17.2 Å². The SMILES string of the molecule is CC(C)COc1ccccc1CN1CCC2(CC1)CCN(C(=O)c1ccc(F)cc1)CC2. The number of likely N-dealkylation sites (tertiary alicyclic amines) is 2. The molecule has 0 bridgehead atoms. The summed E-state index contributed by atoms with van der Waals surface area (Å²) in [5.74, 6) is 1.24. The highest BCUT2D eigenvalue weighted by atomic mass is 19.1. The van der Waals surface area contributed by atoms with Crippen LogP contribution in [-0.2, 0) is 6.54 Å². The minimum absolute atomic E-state index is 0.0234. The zero-order valence-corrected chi connectivity index (χ0v) is 19.4. The summed E-state index contributed by atoms with van der Waals surface area (Å²) >= 11 is 0. The molecular weight excluding hydrogens is 403 g/mol. The van der Waals surface area contributed by atoms with E-state index in [9.17, 15) is 9.18 Å². The van der Waals surface area contributed by atoms with Gasteiger partial charge in [-0.05, 0) is 80.4 Å². The van der Waals surface area contributed by atoms with Crippen molar-refractivity contribution in [2.24, 2.45) is 11.3 Å². The van der Waals surface area contributed by atoms with Crippen LogP contribution >= 0.6 is 0 Å². The van der Waals surface area contributed by atoms with E-state index in [-0.39, 0.29) is 11.7 Å². The van der Waals surface area contributed by atoms with E-state index >= 15 is 0 Å². The lowest BCUT2D eigenvalue weighted by molar-refractivity contribution is 0.0283. The molecule has 0 unspecified atom stereocenters. The van der Waals surface area contributed by atoms with E-state index in [1.54, 1.807) is 12.1 Å². The quantitative estimate of drug-likeness (QED) is 0.607. The van der Waals surface area contributed by atoms with Crippen LogP contribution in [0.3, 0.4) is 0 Å². The van der Waals surface area contributed by atoms with Gasteiger partial charge in [0.25, 0.3) is 5.91 Å². The lowest BCUT2D eigenvalue weighted by Gasteiger charge is -2.47. The summed E-state index contributed by atoms with van der Waals surface area (Å²) in [5.41, 5.74) is 2.20. The number of ether oxygens (including phenoxy) is 1. The molecule has 0 aromatic heterocycles. The van der Waals surface area contributed by atoms with Gasteiger partial charge in [0.05, 0.1) is 6.61 Å². The predicted molar refractivity (Wildman–Crippen MR) is 125 cm³/mol. The summed E-state index contributed by atoms with van der Waals surface area (Å²) < 4.78 is 19.2. The molecular formula is C27H35FN2O2. The van der Waals surface area contributed by atoms with Crippen LogP contribution in [0.4, 0.5) is 4.39 Å². The van der Waals surface area contributed by atoms with Gasteiger partial charge in [0.1, 0.15) is 11.6 Å². The smallest absolute Gasteiger partial charge is 0.253 e. The number of piperidine rings is 2. The molecule has 2 heterocycles. The van der Waals surface area contributed by atoms with E-state index in [4.69, 9.17) is 4.74 Å². The van der Waals surface area contributed by atoms with Gasteiger partial charge in [0.2, 0.25) is 0 Å². The summed E-state index contributed by atoms with van der Waals surface area (Å²) in [7, 11) is 0. The number of hydrogen-bond donors (Lipinski definition) is 0. The monoisotopic (exact) mass is 438 g/mol. The largest absolute Gasteiger partial charge is 0.493 e. The van der Waals surface area contributed by atoms with E-state index in [1.807, 2.05) is 11.0 Å².